The van der Waals surface area contributed by atoms with Crippen LogP contribution in [0.1, 0.15) is 18.5 Å². The molecule has 0 bridgehead atoms. The van der Waals surface area contributed by atoms with Crippen molar-refractivity contribution in [3.63, 3.8) is 0 Å². The molecule has 11 heteroatoms. The normalized spacial score (nSPS) is 11.3. The summed E-state index contributed by atoms with van der Waals surface area (Å²) in [6.07, 6.45) is 4.52. The molecule has 0 aliphatic carbocycles. The summed E-state index contributed by atoms with van der Waals surface area (Å²) in [5, 5.41) is 8.85. The van der Waals surface area contributed by atoms with Crippen LogP contribution in [-0.2, 0) is 13.1 Å². The lowest BCUT2D eigenvalue weighted by molar-refractivity contribution is -0.572. The maximum absolute atomic E-state index is 11.8. The number of H-pyrrole nitrogens is 2. The van der Waals surface area contributed by atoms with Crippen LogP contribution in [0.5, 0.6) is 0 Å². The first kappa shape index (κ1) is 25.9. The Morgan fingerprint density at radius 2 is 1.46 bits per heavy atom. The van der Waals surface area contributed by atoms with E-state index in [1.54, 1.807) is 0 Å². The number of nitrogens with zero attached hydrogens (tertiary/aromatic N) is 3. The topological polar surface area (TPSA) is 151 Å². The van der Waals surface area contributed by atoms with Crippen molar-refractivity contribution in [2.75, 3.05) is 18.4 Å². The molecular weight excluding hydrogens is 498 g/mol. The highest BCUT2D eigenvalue weighted by Crippen LogP contribution is 2.29. The van der Waals surface area contributed by atoms with Crippen LogP contribution in [0, 0.1) is 6.92 Å². The highest BCUT2D eigenvalue weighted by atomic mass is 16.2. The van der Waals surface area contributed by atoms with Gasteiger partial charge in [-0.3, -0.25) is 24.5 Å². The minimum Gasteiger partial charge on any atom is -0.385 e. The SMILES string of the molecule is Cc1nc2cc(NCCCn3ccc(=O)[nH]c3=O)ccc2c2ccc([NH2+]CCCn3ccc(=O)[nH]c3=O)cc12. The predicted octanol–water partition coefficient (Wildman–Crippen LogP) is 1.18. The second kappa shape index (κ2) is 11.3. The van der Waals surface area contributed by atoms with Crippen molar-refractivity contribution in [1.29, 1.82) is 0 Å². The number of quaternary nitrogens is 1. The molecule has 0 radical (unpaired) electrons. The zero-order valence-corrected chi connectivity index (χ0v) is 21.6. The molecule has 0 atom stereocenters. The Bertz CT molecular complexity index is 1880. The van der Waals surface area contributed by atoms with Crippen LogP contribution in [0.3, 0.4) is 0 Å². The lowest BCUT2D eigenvalue weighted by Gasteiger charge is -2.11. The van der Waals surface area contributed by atoms with Crippen LogP contribution < -0.4 is 33.1 Å². The fourth-order valence-corrected chi connectivity index (χ4v) is 4.68. The first-order valence-electron chi connectivity index (χ1n) is 12.9. The summed E-state index contributed by atoms with van der Waals surface area (Å²) in [7, 11) is 0. The van der Waals surface area contributed by atoms with E-state index in [4.69, 9.17) is 4.98 Å². The Morgan fingerprint density at radius 3 is 2.15 bits per heavy atom. The van der Waals surface area contributed by atoms with Gasteiger partial charge in [-0.1, -0.05) is 6.07 Å². The lowest BCUT2D eigenvalue weighted by atomic mass is 10.0. The van der Waals surface area contributed by atoms with Crippen LogP contribution in [0.25, 0.3) is 21.7 Å². The number of nitrogens with one attached hydrogen (secondary N) is 3. The van der Waals surface area contributed by atoms with E-state index in [9.17, 15) is 19.2 Å². The summed E-state index contributed by atoms with van der Waals surface area (Å²) in [5.74, 6) is 0. The Morgan fingerprint density at radius 1 is 0.795 bits per heavy atom. The number of hydrogen-bond donors (Lipinski definition) is 4. The summed E-state index contributed by atoms with van der Waals surface area (Å²) >= 11 is 0. The number of anilines is 1. The molecule has 11 nitrogen and oxygen atoms in total. The first-order chi connectivity index (χ1) is 18.9. The quantitative estimate of drug-likeness (QED) is 0.121. The van der Waals surface area contributed by atoms with E-state index in [0.717, 1.165) is 58.1 Å². The molecule has 5 rings (SSSR count). The van der Waals surface area contributed by atoms with Gasteiger partial charge >= 0.3 is 11.4 Å². The molecule has 2 aromatic carbocycles. The summed E-state index contributed by atoms with van der Waals surface area (Å²) in [6, 6.07) is 15.2. The van der Waals surface area contributed by atoms with E-state index in [2.05, 4.69) is 44.9 Å². The van der Waals surface area contributed by atoms with Crippen LogP contribution in [-0.4, -0.2) is 37.2 Å². The average Bonchev–Trinajstić information content (AvgIpc) is 2.91. The molecular formula is C28H30N7O4+. The Kier molecular flexibility index (Phi) is 7.50. The van der Waals surface area contributed by atoms with Gasteiger partial charge in [0.2, 0.25) is 0 Å². The molecule has 0 unspecified atom stereocenters. The summed E-state index contributed by atoms with van der Waals surface area (Å²) in [5.41, 5.74) is 2.34. The molecule has 200 valence electrons. The lowest BCUT2D eigenvalue weighted by Crippen LogP contribution is -2.78. The number of nitrogens with two attached hydrogens (primary N) is 1. The molecule has 0 aliphatic heterocycles. The maximum atomic E-state index is 11.8. The van der Waals surface area contributed by atoms with Gasteiger partial charge in [0.15, 0.2) is 0 Å². The van der Waals surface area contributed by atoms with Gasteiger partial charge in [0.05, 0.1) is 12.1 Å². The zero-order valence-electron chi connectivity index (χ0n) is 21.6. The van der Waals surface area contributed by atoms with Crippen molar-refractivity contribution in [2.45, 2.75) is 32.9 Å². The molecule has 0 fully saturated rings. The molecule has 5 aromatic rings. The number of aromatic nitrogens is 5. The Balaban J connectivity index is 1.22. The van der Waals surface area contributed by atoms with Crippen LogP contribution in [0.15, 0.2) is 80.1 Å². The van der Waals surface area contributed by atoms with Crippen LogP contribution in [0.4, 0.5) is 11.4 Å². The van der Waals surface area contributed by atoms with E-state index in [1.807, 2.05) is 19.1 Å². The van der Waals surface area contributed by atoms with Crippen molar-refractivity contribution in [1.82, 2.24) is 24.1 Å². The van der Waals surface area contributed by atoms with Crippen molar-refractivity contribution >= 4 is 33.1 Å². The second-order valence-electron chi connectivity index (χ2n) is 9.47. The number of hydrogen-bond acceptors (Lipinski definition) is 6. The van der Waals surface area contributed by atoms with Gasteiger partial charge in [0.1, 0.15) is 5.69 Å². The van der Waals surface area contributed by atoms with Crippen molar-refractivity contribution in [2.24, 2.45) is 0 Å². The molecule has 0 saturated carbocycles. The summed E-state index contributed by atoms with van der Waals surface area (Å²) in [6.45, 7) is 4.51. The molecule has 0 saturated heterocycles. The monoisotopic (exact) mass is 528 g/mol. The van der Waals surface area contributed by atoms with Gasteiger partial charge in [-0.2, -0.15) is 0 Å². The van der Waals surface area contributed by atoms with Gasteiger partial charge < -0.3 is 19.8 Å². The second-order valence-corrected chi connectivity index (χ2v) is 9.47. The Hall–Kier alpha value is -4.77. The average molecular weight is 529 g/mol. The van der Waals surface area contributed by atoms with Crippen LogP contribution in [0.2, 0.25) is 0 Å². The fraction of sp³-hybridized carbons (Fsp3) is 0.250. The third-order valence-electron chi connectivity index (χ3n) is 6.69. The number of aromatic amines is 2. The first-order valence-corrected chi connectivity index (χ1v) is 12.9. The number of pyridine rings is 1. The Labute approximate surface area is 222 Å². The standard InChI is InChI=1S/C28H29N7O4/c1-18-23-16-19(29-10-2-12-34-14-8-25(36)32-27(34)38)4-6-21(23)22-7-5-20(17-24(22)31-18)30-11-3-13-35-15-9-26(37)33-28(35)39/h4-9,14-17,29-30H,2-3,10-13H2,1H3,(H,32,36,38)(H,33,37,39)/p+1. The van der Waals surface area contributed by atoms with Crippen LogP contribution >= 0.6 is 0 Å². The predicted molar refractivity (Wildman–Crippen MR) is 151 cm³/mol. The molecule has 3 heterocycles. The highest BCUT2D eigenvalue weighted by Gasteiger charge is 2.09. The van der Waals surface area contributed by atoms with Crippen molar-refractivity contribution in [3.05, 3.63) is 108 Å². The van der Waals surface area contributed by atoms with E-state index < -0.39 is 11.2 Å². The molecule has 0 aliphatic rings. The van der Waals surface area contributed by atoms with Gasteiger partial charge in [0.25, 0.3) is 11.1 Å². The number of rotatable bonds is 10. The summed E-state index contributed by atoms with van der Waals surface area (Å²) < 4.78 is 2.99. The smallest absolute Gasteiger partial charge is 0.328 e. The zero-order chi connectivity index (χ0) is 27.4. The summed E-state index contributed by atoms with van der Waals surface area (Å²) in [4.78, 5) is 55.4. The largest absolute Gasteiger partial charge is 0.385 e. The highest BCUT2D eigenvalue weighted by molar-refractivity contribution is 6.07. The van der Waals surface area contributed by atoms with Crippen molar-refractivity contribution < 1.29 is 5.32 Å². The van der Waals surface area contributed by atoms with Crippen molar-refractivity contribution in [3.8, 4) is 0 Å². The van der Waals surface area contributed by atoms with E-state index >= 15 is 0 Å². The van der Waals surface area contributed by atoms with Gasteiger partial charge in [0, 0.05) is 78.8 Å². The van der Waals surface area contributed by atoms with E-state index in [1.165, 1.54) is 33.7 Å². The minimum atomic E-state index is -0.400. The maximum Gasteiger partial charge on any atom is 0.328 e. The van der Waals surface area contributed by atoms with Gasteiger partial charge in [-0.15, -0.1) is 0 Å². The van der Waals surface area contributed by atoms with E-state index in [0.29, 0.717) is 19.6 Å². The van der Waals surface area contributed by atoms with Gasteiger partial charge in [-0.25, -0.2) is 9.59 Å². The molecule has 39 heavy (non-hydrogen) atoms. The third-order valence-corrected chi connectivity index (χ3v) is 6.69. The third kappa shape index (κ3) is 6.04. The number of fused-ring (bicyclic) bond motifs is 3. The molecule has 3 aromatic heterocycles. The van der Waals surface area contributed by atoms with E-state index in [-0.39, 0.29) is 11.2 Å². The molecule has 0 amide bonds. The fourth-order valence-electron chi connectivity index (χ4n) is 4.68. The minimum absolute atomic E-state index is 0.386. The van der Waals surface area contributed by atoms with Gasteiger partial charge in [-0.05, 0) is 43.0 Å². The number of benzene rings is 2. The number of aryl methyl sites for hydroxylation is 3. The molecule has 0 spiro atoms. The molecule has 5 N–H and O–H groups in total.